The van der Waals surface area contributed by atoms with Crippen LogP contribution in [0.2, 0.25) is 5.02 Å². The van der Waals surface area contributed by atoms with Crippen LogP contribution in [0.4, 0.5) is 25.4 Å². The third-order valence-electron chi connectivity index (χ3n) is 7.28. The minimum atomic E-state index is -0.865. The summed E-state index contributed by atoms with van der Waals surface area (Å²) in [5, 5.41) is 7.72. The van der Waals surface area contributed by atoms with Crippen molar-refractivity contribution in [3.05, 3.63) is 58.4 Å². The lowest BCUT2D eigenvalue weighted by Crippen LogP contribution is -2.49. The minimum absolute atomic E-state index is 0.0825. The van der Waals surface area contributed by atoms with Crippen molar-refractivity contribution in [3.8, 4) is 0 Å². The quantitative estimate of drug-likeness (QED) is 0.340. The van der Waals surface area contributed by atoms with Crippen LogP contribution in [0.3, 0.4) is 0 Å². The van der Waals surface area contributed by atoms with Gasteiger partial charge in [0.1, 0.15) is 12.1 Å². The summed E-state index contributed by atoms with van der Waals surface area (Å²) in [5.74, 6) is -1.44. The summed E-state index contributed by atoms with van der Waals surface area (Å²) >= 11 is 5.93. The van der Waals surface area contributed by atoms with E-state index in [9.17, 15) is 23.6 Å². The first kappa shape index (κ1) is 30.1. The molecule has 1 aliphatic heterocycles. The second kappa shape index (κ2) is 12.7. The fraction of sp³-hybridized carbons (Fsp3) is 0.429. The second-order valence-corrected chi connectivity index (χ2v) is 10.5. The van der Waals surface area contributed by atoms with Crippen molar-refractivity contribution in [2.24, 2.45) is 0 Å². The number of methoxy groups -OCH3 is 2. The number of fused-ring (bicyclic) bond motifs is 1. The van der Waals surface area contributed by atoms with Crippen molar-refractivity contribution in [1.29, 1.82) is 0 Å². The van der Waals surface area contributed by atoms with Gasteiger partial charge < -0.3 is 24.4 Å². The van der Waals surface area contributed by atoms with Gasteiger partial charge in [-0.1, -0.05) is 11.6 Å². The highest BCUT2D eigenvalue weighted by Gasteiger charge is 2.46. The SMILES string of the molecule is COC(=O)Nc1ccc(C(=O)NC(CC2(OC)CC2)C(=O)N(C)CCCC2OC(=O)Nc3ccc(Cl)c(F)c32)cc1. The molecule has 2 aromatic rings. The molecule has 0 radical (unpaired) electrons. The van der Waals surface area contributed by atoms with Crippen LogP contribution < -0.4 is 16.0 Å². The molecule has 4 rings (SSSR count). The predicted molar refractivity (Wildman–Crippen MR) is 148 cm³/mol. The Labute approximate surface area is 241 Å². The molecule has 1 fully saturated rings. The highest BCUT2D eigenvalue weighted by Crippen LogP contribution is 2.43. The zero-order valence-corrected chi connectivity index (χ0v) is 23.7. The third-order valence-corrected chi connectivity index (χ3v) is 7.57. The van der Waals surface area contributed by atoms with Gasteiger partial charge in [0.05, 0.1) is 29.0 Å². The normalized spacial score (nSPS) is 17.3. The van der Waals surface area contributed by atoms with E-state index in [1.54, 1.807) is 26.3 Å². The number of hydrogen-bond donors (Lipinski definition) is 3. The Bertz CT molecular complexity index is 1320. The van der Waals surface area contributed by atoms with E-state index in [1.165, 1.54) is 36.3 Å². The van der Waals surface area contributed by atoms with Crippen molar-refractivity contribution < 1.29 is 37.8 Å². The van der Waals surface area contributed by atoms with Gasteiger partial charge in [0.15, 0.2) is 5.82 Å². The molecule has 1 saturated carbocycles. The van der Waals surface area contributed by atoms with E-state index in [2.05, 4.69) is 20.7 Å². The van der Waals surface area contributed by atoms with Crippen molar-refractivity contribution >= 4 is 47.0 Å². The average molecular weight is 591 g/mol. The molecule has 1 aliphatic carbocycles. The van der Waals surface area contributed by atoms with Gasteiger partial charge in [-0.2, -0.15) is 0 Å². The minimum Gasteiger partial charge on any atom is -0.453 e. The molecule has 0 aromatic heterocycles. The summed E-state index contributed by atoms with van der Waals surface area (Å²) in [5.41, 5.74) is 0.729. The third kappa shape index (κ3) is 7.25. The van der Waals surface area contributed by atoms with E-state index in [-0.39, 0.29) is 29.5 Å². The van der Waals surface area contributed by atoms with Crippen molar-refractivity contribution in [2.75, 3.05) is 38.4 Å². The van der Waals surface area contributed by atoms with Crippen molar-refractivity contribution in [2.45, 2.75) is 49.9 Å². The molecule has 11 nitrogen and oxygen atoms in total. The summed E-state index contributed by atoms with van der Waals surface area (Å²) in [4.78, 5) is 51.4. The predicted octanol–water partition coefficient (Wildman–Crippen LogP) is 4.87. The van der Waals surface area contributed by atoms with E-state index >= 15 is 0 Å². The molecular weight excluding hydrogens is 559 g/mol. The molecule has 13 heteroatoms. The zero-order chi connectivity index (χ0) is 29.7. The highest BCUT2D eigenvalue weighted by atomic mass is 35.5. The van der Waals surface area contributed by atoms with Crippen LogP contribution in [0.15, 0.2) is 36.4 Å². The van der Waals surface area contributed by atoms with Gasteiger partial charge in [0.2, 0.25) is 5.91 Å². The van der Waals surface area contributed by atoms with E-state index in [1.807, 2.05) is 0 Å². The van der Waals surface area contributed by atoms with Crippen molar-refractivity contribution in [1.82, 2.24) is 10.2 Å². The average Bonchev–Trinajstić information content (AvgIpc) is 3.74. The van der Waals surface area contributed by atoms with E-state index in [0.717, 1.165) is 12.8 Å². The maximum Gasteiger partial charge on any atom is 0.412 e. The Hall–Kier alpha value is -3.90. The van der Waals surface area contributed by atoms with Crippen molar-refractivity contribution in [3.63, 3.8) is 0 Å². The van der Waals surface area contributed by atoms with E-state index in [4.69, 9.17) is 21.1 Å². The lowest BCUT2D eigenvalue weighted by Gasteiger charge is -2.29. The number of anilines is 2. The largest absolute Gasteiger partial charge is 0.453 e. The smallest absolute Gasteiger partial charge is 0.412 e. The fourth-order valence-electron chi connectivity index (χ4n) is 4.73. The van der Waals surface area contributed by atoms with Gasteiger partial charge in [-0.05, 0) is 62.1 Å². The summed E-state index contributed by atoms with van der Waals surface area (Å²) in [6, 6.07) is 8.17. The molecule has 41 heavy (non-hydrogen) atoms. The standard InChI is InChI=1S/C28H32ClFN4O7/c1-34(14-4-5-21-22-19(33-27(38)41-21)11-10-18(29)23(22)30)25(36)20(15-28(40-3)12-13-28)32-24(35)16-6-8-17(9-7-16)31-26(37)39-2/h6-11,20-21H,4-5,12-15H2,1-3H3,(H,31,37)(H,32,35)(H,33,38). The number of cyclic esters (lactones) is 1. The number of rotatable bonds is 11. The van der Waals surface area contributed by atoms with Crippen LogP contribution in [0.25, 0.3) is 0 Å². The molecule has 2 atom stereocenters. The number of amides is 4. The van der Waals surface area contributed by atoms with Gasteiger partial charge >= 0.3 is 12.2 Å². The molecule has 0 bridgehead atoms. The first-order valence-electron chi connectivity index (χ1n) is 13.1. The summed E-state index contributed by atoms with van der Waals surface area (Å²) in [6.45, 7) is 0.262. The number of benzene rings is 2. The maximum absolute atomic E-state index is 14.7. The van der Waals surface area contributed by atoms with Crippen LogP contribution in [0.1, 0.15) is 54.1 Å². The lowest BCUT2D eigenvalue weighted by atomic mass is 10.00. The van der Waals surface area contributed by atoms with E-state index < -0.39 is 41.7 Å². The lowest BCUT2D eigenvalue weighted by molar-refractivity contribution is -0.133. The molecule has 2 aliphatic rings. The maximum atomic E-state index is 14.7. The Balaban J connectivity index is 1.39. The van der Waals surface area contributed by atoms with Crippen LogP contribution in [-0.2, 0) is 19.0 Å². The number of nitrogens with one attached hydrogen (secondary N) is 3. The van der Waals surface area contributed by atoms with Gasteiger partial charge in [0, 0.05) is 38.4 Å². The Morgan fingerprint density at radius 3 is 2.54 bits per heavy atom. The fourth-order valence-corrected chi connectivity index (χ4v) is 4.89. The molecule has 0 spiro atoms. The molecular formula is C28H32ClFN4O7. The van der Waals surface area contributed by atoms with E-state index in [0.29, 0.717) is 29.8 Å². The molecule has 220 valence electrons. The molecule has 4 amide bonds. The first-order chi connectivity index (χ1) is 19.6. The zero-order valence-electron chi connectivity index (χ0n) is 22.9. The summed E-state index contributed by atoms with van der Waals surface area (Å²) in [6.07, 6.45) is 0.280. The molecule has 0 saturated heterocycles. The number of carbonyl (C=O) groups is 4. The number of hydrogen-bond acceptors (Lipinski definition) is 7. The summed E-state index contributed by atoms with van der Waals surface area (Å²) < 4.78 is 30.2. The molecule has 1 heterocycles. The number of carbonyl (C=O) groups excluding carboxylic acids is 4. The molecule has 2 unspecified atom stereocenters. The van der Waals surface area contributed by atoms with Gasteiger partial charge in [-0.15, -0.1) is 0 Å². The van der Waals surface area contributed by atoms with Gasteiger partial charge in [0.25, 0.3) is 5.91 Å². The number of nitrogens with zero attached hydrogens (tertiary/aromatic N) is 1. The van der Waals surface area contributed by atoms with Crippen LogP contribution in [-0.4, -0.2) is 68.4 Å². The Kier molecular flexibility index (Phi) is 9.34. The monoisotopic (exact) mass is 590 g/mol. The van der Waals surface area contributed by atoms with Crippen LogP contribution >= 0.6 is 11.6 Å². The number of halogens is 2. The second-order valence-electron chi connectivity index (χ2n) is 10.1. The van der Waals surface area contributed by atoms with Gasteiger partial charge in [-0.25, -0.2) is 14.0 Å². The summed E-state index contributed by atoms with van der Waals surface area (Å²) in [7, 11) is 4.44. The Morgan fingerprint density at radius 1 is 1.20 bits per heavy atom. The molecule has 2 aromatic carbocycles. The number of likely N-dealkylation sites (N-methyl/N-ethyl adjacent to an activating group) is 1. The Morgan fingerprint density at radius 2 is 1.90 bits per heavy atom. The topological polar surface area (TPSA) is 135 Å². The number of ether oxygens (including phenoxy) is 3. The van der Waals surface area contributed by atoms with Gasteiger partial charge in [-0.3, -0.25) is 20.2 Å². The van der Waals surface area contributed by atoms with Crippen LogP contribution in [0, 0.1) is 5.82 Å². The molecule has 3 N–H and O–H groups in total. The highest BCUT2D eigenvalue weighted by molar-refractivity contribution is 6.31. The van der Waals surface area contributed by atoms with Crippen LogP contribution in [0.5, 0.6) is 0 Å². The first-order valence-corrected chi connectivity index (χ1v) is 13.4.